The van der Waals surface area contributed by atoms with Crippen molar-refractivity contribution < 1.29 is 18.0 Å². The quantitative estimate of drug-likeness (QED) is 0.167. The van der Waals surface area contributed by atoms with Crippen molar-refractivity contribution in [2.24, 2.45) is 0 Å². The second kappa shape index (κ2) is 15.4. The van der Waals surface area contributed by atoms with Crippen molar-refractivity contribution in [2.45, 2.75) is 64.1 Å². The van der Waals surface area contributed by atoms with E-state index in [1.807, 2.05) is 94.4 Å². The molecular formula is C36H40BrN3O4S. The standard InChI is InChI=1S/C36H40BrN3O4S/c1-5-28(4)38-36(42)34(23-29-12-7-6-8-13-29)39(24-30-17-19-31(37)20-18-30)35(41)25-40(33-14-10-9-11-27(33)3)45(43,44)32-21-15-26(2)16-22-32/h6-22,28,34H,5,23-25H2,1-4H3,(H,38,42)/t28-,34+/m0/s1. The molecule has 0 aliphatic rings. The molecule has 4 aromatic carbocycles. The van der Waals surface area contributed by atoms with Gasteiger partial charge >= 0.3 is 0 Å². The monoisotopic (exact) mass is 689 g/mol. The number of nitrogens with one attached hydrogen (secondary N) is 1. The molecule has 0 saturated heterocycles. The van der Waals surface area contributed by atoms with E-state index in [9.17, 15) is 18.0 Å². The van der Waals surface area contributed by atoms with Gasteiger partial charge < -0.3 is 10.2 Å². The molecule has 2 amide bonds. The molecule has 0 aromatic heterocycles. The molecule has 4 aromatic rings. The molecule has 1 N–H and O–H groups in total. The van der Waals surface area contributed by atoms with Crippen molar-refractivity contribution in [2.75, 3.05) is 10.8 Å². The lowest BCUT2D eigenvalue weighted by Gasteiger charge is -2.34. The second-order valence-electron chi connectivity index (χ2n) is 11.3. The van der Waals surface area contributed by atoms with E-state index in [1.165, 1.54) is 4.90 Å². The van der Waals surface area contributed by atoms with Crippen molar-refractivity contribution in [3.05, 3.63) is 130 Å². The van der Waals surface area contributed by atoms with Crippen LogP contribution in [-0.4, -0.2) is 43.8 Å². The minimum atomic E-state index is -4.15. The maximum Gasteiger partial charge on any atom is 0.264 e. The molecule has 0 unspecified atom stereocenters. The van der Waals surface area contributed by atoms with Crippen LogP contribution in [0, 0.1) is 13.8 Å². The molecular weight excluding hydrogens is 650 g/mol. The minimum Gasteiger partial charge on any atom is -0.352 e. The van der Waals surface area contributed by atoms with Crippen LogP contribution in [0.2, 0.25) is 0 Å². The van der Waals surface area contributed by atoms with Gasteiger partial charge in [-0.3, -0.25) is 13.9 Å². The van der Waals surface area contributed by atoms with Gasteiger partial charge in [0, 0.05) is 23.5 Å². The predicted molar refractivity (Wildman–Crippen MR) is 183 cm³/mol. The number of rotatable bonds is 13. The lowest BCUT2D eigenvalue weighted by Crippen LogP contribution is -2.54. The zero-order valence-corrected chi connectivity index (χ0v) is 28.5. The molecule has 0 fully saturated rings. The Bertz CT molecular complexity index is 1690. The fraction of sp³-hybridized carbons (Fsp3) is 0.278. The van der Waals surface area contributed by atoms with Crippen molar-refractivity contribution in [1.29, 1.82) is 0 Å². The summed E-state index contributed by atoms with van der Waals surface area (Å²) >= 11 is 3.47. The van der Waals surface area contributed by atoms with Gasteiger partial charge in [0.2, 0.25) is 11.8 Å². The first-order valence-corrected chi connectivity index (χ1v) is 17.3. The van der Waals surface area contributed by atoms with Gasteiger partial charge in [0.25, 0.3) is 10.0 Å². The molecule has 0 aliphatic carbocycles. The van der Waals surface area contributed by atoms with Crippen molar-refractivity contribution in [1.82, 2.24) is 10.2 Å². The summed E-state index contributed by atoms with van der Waals surface area (Å²) in [7, 11) is -4.15. The summed E-state index contributed by atoms with van der Waals surface area (Å²) in [6.07, 6.45) is 0.987. The van der Waals surface area contributed by atoms with Crippen LogP contribution in [-0.2, 0) is 32.6 Å². The molecule has 0 radical (unpaired) electrons. The number of hydrogen-bond donors (Lipinski definition) is 1. The van der Waals surface area contributed by atoms with Crippen LogP contribution in [0.1, 0.15) is 42.5 Å². The number of hydrogen-bond acceptors (Lipinski definition) is 4. The number of carbonyl (C=O) groups excluding carboxylic acids is 2. The molecule has 0 saturated carbocycles. The second-order valence-corrected chi connectivity index (χ2v) is 14.1. The van der Waals surface area contributed by atoms with Gasteiger partial charge in [0.05, 0.1) is 10.6 Å². The van der Waals surface area contributed by atoms with Crippen LogP contribution in [0.3, 0.4) is 0 Å². The Labute approximate surface area is 275 Å². The van der Waals surface area contributed by atoms with Gasteiger partial charge in [-0.2, -0.15) is 0 Å². The van der Waals surface area contributed by atoms with Crippen molar-refractivity contribution >= 4 is 43.5 Å². The average Bonchev–Trinajstić information content (AvgIpc) is 3.03. The maximum atomic E-state index is 14.6. The third-order valence-electron chi connectivity index (χ3n) is 7.81. The summed E-state index contributed by atoms with van der Waals surface area (Å²) in [5.41, 5.74) is 3.72. The summed E-state index contributed by atoms with van der Waals surface area (Å²) in [6, 6.07) is 29.8. The van der Waals surface area contributed by atoms with Crippen LogP contribution in [0.5, 0.6) is 0 Å². The van der Waals surface area contributed by atoms with E-state index in [0.29, 0.717) is 11.3 Å². The summed E-state index contributed by atoms with van der Waals surface area (Å²) in [4.78, 5) is 30.1. The Morgan fingerprint density at radius 3 is 2.07 bits per heavy atom. The van der Waals surface area contributed by atoms with E-state index in [1.54, 1.807) is 36.4 Å². The molecule has 45 heavy (non-hydrogen) atoms. The van der Waals surface area contributed by atoms with Gasteiger partial charge in [-0.05, 0) is 74.2 Å². The highest BCUT2D eigenvalue weighted by Crippen LogP contribution is 2.28. The molecule has 0 bridgehead atoms. The fourth-order valence-electron chi connectivity index (χ4n) is 4.98. The number of carbonyl (C=O) groups is 2. The smallest absolute Gasteiger partial charge is 0.264 e. The Hall–Kier alpha value is -3.95. The summed E-state index contributed by atoms with van der Waals surface area (Å²) < 4.78 is 30.4. The van der Waals surface area contributed by atoms with E-state index in [4.69, 9.17) is 0 Å². The SMILES string of the molecule is CC[C@H](C)NC(=O)[C@@H](Cc1ccccc1)N(Cc1ccc(Br)cc1)C(=O)CN(c1ccccc1C)S(=O)(=O)c1ccc(C)cc1. The molecule has 0 heterocycles. The van der Waals surface area contributed by atoms with Crippen molar-refractivity contribution in [3.63, 3.8) is 0 Å². The van der Waals surface area contributed by atoms with E-state index in [0.717, 1.165) is 31.9 Å². The number of aryl methyl sites for hydroxylation is 2. The number of para-hydroxylation sites is 1. The number of benzene rings is 4. The maximum absolute atomic E-state index is 14.6. The zero-order chi connectivity index (χ0) is 32.6. The number of sulfonamides is 1. The molecule has 236 valence electrons. The Kier molecular flexibility index (Phi) is 11.6. The average molecular weight is 691 g/mol. The fourth-order valence-corrected chi connectivity index (χ4v) is 6.72. The highest BCUT2D eigenvalue weighted by molar-refractivity contribution is 9.10. The molecule has 0 spiro atoms. The van der Waals surface area contributed by atoms with Gasteiger partial charge in [-0.1, -0.05) is 101 Å². The zero-order valence-electron chi connectivity index (χ0n) is 26.1. The van der Waals surface area contributed by atoms with E-state index >= 15 is 0 Å². The van der Waals surface area contributed by atoms with Crippen LogP contribution in [0.4, 0.5) is 5.69 Å². The molecule has 0 aliphatic heterocycles. The lowest BCUT2D eigenvalue weighted by atomic mass is 10.0. The first kappa shape index (κ1) is 33.9. The van der Waals surface area contributed by atoms with Crippen LogP contribution >= 0.6 is 15.9 Å². The molecule has 7 nitrogen and oxygen atoms in total. The Morgan fingerprint density at radius 1 is 0.822 bits per heavy atom. The molecule has 4 rings (SSSR count). The largest absolute Gasteiger partial charge is 0.352 e. The van der Waals surface area contributed by atoms with E-state index in [2.05, 4.69) is 21.2 Å². The van der Waals surface area contributed by atoms with E-state index in [-0.39, 0.29) is 29.8 Å². The topological polar surface area (TPSA) is 86.8 Å². The highest BCUT2D eigenvalue weighted by Gasteiger charge is 2.35. The van der Waals surface area contributed by atoms with Gasteiger partial charge in [0.15, 0.2) is 0 Å². The van der Waals surface area contributed by atoms with Crippen LogP contribution in [0.15, 0.2) is 112 Å². The van der Waals surface area contributed by atoms with E-state index < -0.39 is 28.5 Å². The number of amides is 2. The normalized spacial score (nSPS) is 12.6. The number of nitrogens with zero attached hydrogens (tertiary/aromatic N) is 2. The third kappa shape index (κ3) is 8.83. The summed E-state index contributed by atoms with van der Waals surface area (Å²) in [5.74, 6) is -0.778. The molecule has 2 atom stereocenters. The van der Waals surface area contributed by atoms with Crippen LogP contribution < -0.4 is 9.62 Å². The van der Waals surface area contributed by atoms with Crippen molar-refractivity contribution in [3.8, 4) is 0 Å². The predicted octanol–water partition coefficient (Wildman–Crippen LogP) is 6.82. The van der Waals surface area contributed by atoms with Gasteiger partial charge in [-0.25, -0.2) is 8.42 Å². The number of anilines is 1. The first-order valence-electron chi connectivity index (χ1n) is 15.0. The summed E-state index contributed by atoms with van der Waals surface area (Å²) in [5, 5.41) is 3.06. The minimum absolute atomic E-state index is 0.0824. The Balaban J connectivity index is 1.81. The first-order chi connectivity index (χ1) is 21.5. The molecule has 9 heteroatoms. The highest BCUT2D eigenvalue weighted by atomic mass is 79.9. The summed E-state index contributed by atoms with van der Waals surface area (Å²) in [6.45, 7) is 7.23. The third-order valence-corrected chi connectivity index (χ3v) is 10.1. The van der Waals surface area contributed by atoms with Gasteiger partial charge in [0.1, 0.15) is 12.6 Å². The Morgan fingerprint density at radius 2 is 1.44 bits per heavy atom. The van der Waals surface area contributed by atoms with Crippen LogP contribution in [0.25, 0.3) is 0 Å². The lowest BCUT2D eigenvalue weighted by molar-refractivity contribution is -0.140. The number of halogens is 1. The van der Waals surface area contributed by atoms with Gasteiger partial charge in [-0.15, -0.1) is 0 Å².